The fraction of sp³-hybridized carbons (Fsp3) is 0.0833. The molecule has 1 heterocycles. The van der Waals surface area contributed by atoms with E-state index in [2.05, 4.69) is 4.99 Å². The van der Waals surface area contributed by atoms with E-state index in [-0.39, 0.29) is 11.6 Å². The van der Waals surface area contributed by atoms with E-state index in [9.17, 15) is 4.79 Å². The molecule has 3 aromatic carbocycles. The second kappa shape index (κ2) is 8.33. The van der Waals surface area contributed by atoms with Gasteiger partial charge in [0.05, 0.1) is 0 Å². The lowest BCUT2D eigenvalue weighted by Crippen LogP contribution is -2.05. The highest BCUT2D eigenvalue weighted by molar-refractivity contribution is 6.31. The van der Waals surface area contributed by atoms with Gasteiger partial charge in [0.25, 0.3) is 0 Å². The fourth-order valence-corrected chi connectivity index (χ4v) is 3.00. The molecule has 0 fully saturated rings. The Morgan fingerprint density at radius 2 is 1.79 bits per heavy atom. The number of aliphatic imine (C=N–C) groups is 1. The molecule has 0 radical (unpaired) electrons. The number of esters is 1. The molecule has 0 bridgehead atoms. The second-order valence-corrected chi connectivity index (χ2v) is 7.05. The summed E-state index contributed by atoms with van der Waals surface area (Å²) in [6, 6.07) is 22.9. The molecule has 29 heavy (non-hydrogen) atoms. The summed E-state index contributed by atoms with van der Waals surface area (Å²) in [6.45, 7) is 2.41. The summed E-state index contributed by atoms with van der Waals surface area (Å²) in [5.41, 5.74) is 3.80. The standard InChI is InChI=1S/C24H18ClNO3/c1-16-7-10-19(14-21(16)25)23-26-22(24(27)29-23)13-17-8-11-20(12-9-17)28-15-18-5-3-2-4-6-18/h2-14H,15H2,1H3/b22-13-. The van der Waals surface area contributed by atoms with Crippen molar-refractivity contribution in [3.8, 4) is 5.75 Å². The van der Waals surface area contributed by atoms with Crippen LogP contribution in [0, 0.1) is 6.92 Å². The Hall–Kier alpha value is -3.37. The van der Waals surface area contributed by atoms with Crippen LogP contribution in [0.2, 0.25) is 5.02 Å². The summed E-state index contributed by atoms with van der Waals surface area (Å²) in [4.78, 5) is 16.5. The third kappa shape index (κ3) is 4.55. The molecule has 3 aromatic rings. The molecule has 1 aliphatic heterocycles. The third-order valence-corrected chi connectivity index (χ3v) is 4.88. The quantitative estimate of drug-likeness (QED) is 0.413. The Morgan fingerprint density at radius 3 is 2.52 bits per heavy atom. The van der Waals surface area contributed by atoms with Gasteiger partial charge in [-0.3, -0.25) is 0 Å². The van der Waals surface area contributed by atoms with Crippen LogP contribution in [0.3, 0.4) is 0 Å². The third-order valence-electron chi connectivity index (χ3n) is 4.47. The van der Waals surface area contributed by atoms with Crippen LogP contribution in [0.15, 0.2) is 83.5 Å². The normalized spacial score (nSPS) is 14.6. The highest BCUT2D eigenvalue weighted by Gasteiger charge is 2.24. The molecule has 0 saturated heterocycles. The van der Waals surface area contributed by atoms with E-state index in [1.54, 1.807) is 12.1 Å². The monoisotopic (exact) mass is 403 g/mol. The number of hydrogen-bond acceptors (Lipinski definition) is 4. The molecule has 0 saturated carbocycles. The molecule has 5 heteroatoms. The molecule has 0 aromatic heterocycles. The zero-order valence-electron chi connectivity index (χ0n) is 15.8. The molecule has 0 atom stereocenters. The Kier molecular flexibility index (Phi) is 5.45. The first-order valence-corrected chi connectivity index (χ1v) is 9.52. The van der Waals surface area contributed by atoms with Gasteiger partial charge in [-0.15, -0.1) is 0 Å². The van der Waals surface area contributed by atoms with Crippen LogP contribution in [0.25, 0.3) is 6.08 Å². The van der Waals surface area contributed by atoms with Gasteiger partial charge < -0.3 is 9.47 Å². The van der Waals surface area contributed by atoms with Crippen LogP contribution in [0.1, 0.15) is 22.3 Å². The van der Waals surface area contributed by atoms with Crippen molar-refractivity contribution in [1.29, 1.82) is 0 Å². The van der Waals surface area contributed by atoms with Crippen molar-refractivity contribution in [2.24, 2.45) is 4.99 Å². The van der Waals surface area contributed by atoms with Crippen LogP contribution in [0.4, 0.5) is 0 Å². The van der Waals surface area contributed by atoms with Crippen LogP contribution >= 0.6 is 11.6 Å². The average Bonchev–Trinajstić information content (AvgIpc) is 3.10. The lowest BCUT2D eigenvalue weighted by atomic mass is 10.1. The number of ether oxygens (including phenoxy) is 2. The summed E-state index contributed by atoms with van der Waals surface area (Å²) >= 11 is 6.15. The number of cyclic esters (lactones) is 1. The number of carbonyl (C=O) groups excluding carboxylic acids is 1. The van der Waals surface area contributed by atoms with Gasteiger partial charge in [-0.05, 0) is 54.0 Å². The van der Waals surface area contributed by atoms with Crippen LogP contribution in [-0.4, -0.2) is 11.9 Å². The fourth-order valence-electron chi connectivity index (χ4n) is 2.82. The van der Waals surface area contributed by atoms with Crippen LogP contribution in [0.5, 0.6) is 5.75 Å². The maximum absolute atomic E-state index is 12.2. The number of carbonyl (C=O) groups is 1. The predicted molar refractivity (Wildman–Crippen MR) is 114 cm³/mol. The first-order chi connectivity index (χ1) is 14.1. The zero-order valence-corrected chi connectivity index (χ0v) is 16.5. The molecule has 0 amide bonds. The van der Waals surface area contributed by atoms with Gasteiger partial charge in [0.1, 0.15) is 12.4 Å². The van der Waals surface area contributed by atoms with Gasteiger partial charge >= 0.3 is 5.97 Å². The molecule has 144 valence electrons. The van der Waals surface area contributed by atoms with Gasteiger partial charge in [0.2, 0.25) is 5.90 Å². The first-order valence-electron chi connectivity index (χ1n) is 9.14. The van der Waals surface area contributed by atoms with E-state index in [1.807, 2.05) is 73.7 Å². The number of hydrogen-bond donors (Lipinski definition) is 0. The van der Waals surface area contributed by atoms with Crippen LogP contribution in [-0.2, 0) is 16.1 Å². The molecule has 4 nitrogen and oxygen atoms in total. The number of halogens is 1. The number of benzene rings is 3. The molecular weight excluding hydrogens is 386 g/mol. The summed E-state index contributed by atoms with van der Waals surface area (Å²) in [7, 11) is 0. The SMILES string of the molecule is Cc1ccc(C2=N/C(=C\c3ccc(OCc4ccccc4)cc3)C(=O)O2)cc1Cl. The molecule has 0 N–H and O–H groups in total. The van der Waals surface area contributed by atoms with Crippen molar-refractivity contribution >= 4 is 29.5 Å². The van der Waals surface area contributed by atoms with E-state index in [4.69, 9.17) is 21.1 Å². The minimum absolute atomic E-state index is 0.245. The van der Waals surface area contributed by atoms with E-state index in [1.165, 1.54) is 0 Å². The number of nitrogens with zero attached hydrogens (tertiary/aromatic N) is 1. The van der Waals surface area contributed by atoms with Gasteiger partial charge in [-0.2, -0.15) is 0 Å². The Balaban J connectivity index is 1.47. The van der Waals surface area contributed by atoms with Crippen molar-refractivity contribution in [3.63, 3.8) is 0 Å². The van der Waals surface area contributed by atoms with Crippen molar-refractivity contribution in [3.05, 3.63) is 106 Å². The predicted octanol–water partition coefficient (Wildman–Crippen LogP) is 5.57. The van der Waals surface area contributed by atoms with Gasteiger partial charge in [-0.25, -0.2) is 9.79 Å². The molecular formula is C24H18ClNO3. The second-order valence-electron chi connectivity index (χ2n) is 6.64. The number of rotatable bonds is 5. The zero-order chi connectivity index (χ0) is 20.2. The van der Waals surface area contributed by atoms with Crippen LogP contribution < -0.4 is 4.74 Å². The molecule has 0 unspecified atom stereocenters. The Bertz CT molecular complexity index is 1100. The summed E-state index contributed by atoms with van der Waals surface area (Å²) in [6.07, 6.45) is 1.69. The average molecular weight is 404 g/mol. The highest BCUT2D eigenvalue weighted by Crippen LogP contribution is 2.23. The van der Waals surface area contributed by atoms with Crippen molar-refractivity contribution in [2.75, 3.05) is 0 Å². The lowest BCUT2D eigenvalue weighted by molar-refractivity contribution is -0.129. The van der Waals surface area contributed by atoms with Crippen molar-refractivity contribution < 1.29 is 14.3 Å². The smallest absolute Gasteiger partial charge is 0.363 e. The van der Waals surface area contributed by atoms with E-state index < -0.39 is 5.97 Å². The van der Waals surface area contributed by atoms with Gasteiger partial charge in [0, 0.05) is 10.6 Å². The largest absolute Gasteiger partial charge is 0.489 e. The van der Waals surface area contributed by atoms with Gasteiger partial charge in [-0.1, -0.05) is 60.1 Å². The minimum atomic E-state index is -0.485. The summed E-state index contributed by atoms with van der Waals surface area (Å²) < 4.78 is 11.1. The Morgan fingerprint density at radius 1 is 1.03 bits per heavy atom. The molecule has 0 aliphatic carbocycles. The van der Waals surface area contributed by atoms with Crippen molar-refractivity contribution in [2.45, 2.75) is 13.5 Å². The van der Waals surface area contributed by atoms with E-state index in [0.29, 0.717) is 17.2 Å². The Labute approximate surface area is 174 Å². The summed E-state index contributed by atoms with van der Waals surface area (Å²) in [5.74, 6) is 0.524. The maximum atomic E-state index is 12.2. The highest BCUT2D eigenvalue weighted by atomic mass is 35.5. The topological polar surface area (TPSA) is 47.9 Å². The lowest BCUT2D eigenvalue weighted by Gasteiger charge is -2.06. The van der Waals surface area contributed by atoms with Gasteiger partial charge in [0.15, 0.2) is 5.70 Å². The molecule has 4 rings (SSSR count). The summed E-state index contributed by atoms with van der Waals surface area (Å²) in [5, 5.41) is 0.602. The first kappa shape index (κ1) is 19.0. The maximum Gasteiger partial charge on any atom is 0.363 e. The van der Waals surface area contributed by atoms with Crippen molar-refractivity contribution in [1.82, 2.24) is 0 Å². The minimum Gasteiger partial charge on any atom is -0.489 e. The molecule has 1 aliphatic rings. The number of aryl methyl sites for hydroxylation is 1. The van der Waals surface area contributed by atoms with E-state index in [0.717, 1.165) is 22.4 Å². The molecule has 0 spiro atoms. The van der Waals surface area contributed by atoms with E-state index >= 15 is 0 Å².